The highest BCUT2D eigenvalue weighted by atomic mass is 32.1. The Labute approximate surface area is 149 Å². The Morgan fingerprint density at radius 1 is 1.32 bits per heavy atom. The minimum Gasteiger partial charge on any atom is -0.453 e. The van der Waals surface area contributed by atoms with E-state index < -0.39 is 0 Å². The van der Waals surface area contributed by atoms with E-state index in [2.05, 4.69) is 11.4 Å². The molecule has 3 rings (SSSR count). The van der Waals surface area contributed by atoms with Crippen LogP contribution in [-0.2, 0) is 17.7 Å². The first-order valence-corrected chi connectivity index (χ1v) is 8.60. The SMILES string of the molecule is COC(=O)N1CCc2c(sc(NC(=O)c3ccc(C)cc3)c2C#N)C1. The maximum Gasteiger partial charge on any atom is 0.409 e. The number of aryl methyl sites for hydroxylation is 1. The number of carbonyl (C=O) groups is 2. The van der Waals surface area contributed by atoms with Gasteiger partial charge in [0.2, 0.25) is 0 Å². The number of thiophene rings is 1. The second kappa shape index (κ2) is 6.95. The van der Waals surface area contributed by atoms with Gasteiger partial charge < -0.3 is 15.0 Å². The summed E-state index contributed by atoms with van der Waals surface area (Å²) in [5.41, 5.74) is 3.01. The van der Waals surface area contributed by atoms with Gasteiger partial charge >= 0.3 is 6.09 Å². The van der Waals surface area contributed by atoms with Crippen LogP contribution >= 0.6 is 11.3 Å². The molecule has 128 valence electrons. The quantitative estimate of drug-likeness (QED) is 0.896. The zero-order valence-corrected chi connectivity index (χ0v) is 14.8. The van der Waals surface area contributed by atoms with E-state index in [-0.39, 0.29) is 12.0 Å². The molecule has 0 fully saturated rings. The van der Waals surface area contributed by atoms with E-state index in [4.69, 9.17) is 4.74 Å². The van der Waals surface area contributed by atoms with Crippen LogP contribution in [0.5, 0.6) is 0 Å². The van der Waals surface area contributed by atoms with E-state index in [9.17, 15) is 14.9 Å². The van der Waals surface area contributed by atoms with Crippen LogP contribution in [0.2, 0.25) is 0 Å². The van der Waals surface area contributed by atoms with Crippen molar-refractivity contribution in [1.29, 1.82) is 5.26 Å². The first-order valence-electron chi connectivity index (χ1n) is 7.79. The summed E-state index contributed by atoms with van der Waals surface area (Å²) in [5.74, 6) is -0.250. The first kappa shape index (κ1) is 17.0. The number of nitrogens with zero attached hydrogens (tertiary/aromatic N) is 2. The zero-order chi connectivity index (χ0) is 18.0. The van der Waals surface area contributed by atoms with Crippen molar-refractivity contribution in [2.45, 2.75) is 19.9 Å². The van der Waals surface area contributed by atoms with Crippen molar-refractivity contribution in [2.75, 3.05) is 19.0 Å². The molecule has 2 heterocycles. The third kappa shape index (κ3) is 3.35. The number of nitrogens with one attached hydrogen (secondary N) is 1. The number of hydrogen-bond donors (Lipinski definition) is 1. The fourth-order valence-electron chi connectivity index (χ4n) is 2.78. The Kier molecular flexibility index (Phi) is 4.72. The molecule has 1 aromatic heterocycles. The molecule has 1 aliphatic heterocycles. The summed E-state index contributed by atoms with van der Waals surface area (Å²) in [6, 6.07) is 9.43. The number of rotatable bonds is 2. The molecule has 0 spiro atoms. The number of nitriles is 1. The van der Waals surface area contributed by atoms with E-state index in [1.165, 1.54) is 18.4 Å². The zero-order valence-electron chi connectivity index (χ0n) is 14.0. The van der Waals surface area contributed by atoms with E-state index in [1.54, 1.807) is 17.0 Å². The lowest BCUT2D eigenvalue weighted by Crippen LogP contribution is -2.35. The van der Waals surface area contributed by atoms with E-state index in [0.29, 0.717) is 35.6 Å². The van der Waals surface area contributed by atoms with Gasteiger partial charge in [-0.1, -0.05) is 17.7 Å². The average Bonchev–Trinajstić information content (AvgIpc) is 2.97. The van der Waals surface area contributed by atoms with Crippen molar-refractivity contribution in [3.05, 3.63) is 51.4 Å². The molecule has 0 bridgehead atoms. The molecule has 2 amide bonds. The highest BCUT2D eigenvalue weighted by molar-refractivity contribution is 7.16. The smallest absolute Gasteiger partial charge is 0.409 e. The molecule has 7 heteroatoms. The molecule has 2 aromatic rings. The maximum absolute atomic E-state index is 12.4. The lowest BCUT2D eigenvalue weighted by atomic mass is 10.0. The molecule has 6 nitrogen and oxygen atoms in total. The van der Waals surface area contributed by atoms with Crippen LogP contribution < -0.4 is 5.32 Å². The van der Waals surface area contributed by atoms with Crippen LogP contribution in [0.4, 0.5) is 9.80 Å². The molecule has 0 radical (unpaired) electrons. The topological polar surface area (TPSA) is 82.4 Å². The van der Waals surface area contributed by atoms with Gasteiger partial charge in [-0.05, 0) is 31.0 Å². The number of hydrogen-bond acceptors (Lipinski definition) is 5. The largest absolute Gasteiger partial charge is 0.453 e. The molecule has 0 saturated heterocycles. The standard InChI is InChI=1S/C18H17N3O3S/c1-11-3-5-12(6-4-11)16(22)20-17-14(9-19)13-7-8-21(18(23)24-2)10-15(13)25-17/h3-6H,7-8,10H2,1-2H3,(H,20,22). The summed E-state index contributed by atoms with van der Waals surface area (Å²) in [4.78, 5) is 26.6. The minimum absolute atomic E-state index is 0.250. The molecular weight excluding hydrogens is 338 g/mol. The van der Waals surface area contributed by atoms with Gasteiger partial charge in [-0.2, -0.15) is 5.26 Å². The predicted octanol–water partition coefficient (Wildman–Crippen LogP) is 3.31. The van der Waals surface area contributed by atoms with Crippen LogP contribution in [0.15, 0.2) is 24.3 Å². The molecule has 25 heavy (non-hydrogen) atoms. The first-order chi connectivity index (χ1) is 12.0. The van der Waals surface area contributed by atoms with Gasteiger partial charge in [0.1, 0.15) is 11.1 Å². The van der Waals surface area contributed by atoms with Gasteiger partial charge in [0.05, 0.1) is 19.2 Å². The number of methoxy groups -OCH3 is 1. The summed E-state index contributed by atoms with van der Waals surface area (Å²) >= 11 is 1.34. The Bertz CT molecular complexity index is 865. The lowest BCUT2D eigenvalue weighted by molar-refractivity contribution is 0.102. The van der Waals surface area contributed by atoms with Gasteiger partial charge in [-0.25, -0.2) is 4.79 Å². The summed E-state index contributed by atoms with van der Waals surface area (Å²) in [7, 11) is 1.35. The highest BCUT2D eigenvalue weighted by Crippen LogP contribution is 2.37. The van der Waals surface area contributed by atoms with Crippen molar-refractivity contribution in [2.24, 2.45) is 0 Å². The number of benzene rings is 1. The van der Waals surface area contributed by atoms with Crippen molar-refractivity contribution >= 4 is 28.3 Å². The Hall–Kier alpha value is -2.85. The lowest BCUT2D eigenvalue weighted by Gasteiger charge is -2.25. The molecule has 1 aliphatic rings. The van der Waals surface area contributed by atoms with Gasteiger partial charge in [-0.3, -0.25) is 4.79 Å². The number of fused-ring (bicyclic) bond motifs is 1. The van der Waals surface area contributed by atoms with Gasteiger partial charge in [0.15, 0.2) is 0 Å². The summed E-state index contributed by atoms with van der Waals surface area (Å²) in [6.45, 7) is 2.84. The fraction of sp³-hybridized carbons (Fsp3) is 0.278. The van der Waals surface area contributed by atoms with Crippen LogP contribution in [0.3, 0.4) is 0 Å². The third-order valence-electron chi connectivity index (χ3n) is 4.14. The van der Waals surface area contributed by atoms with Gasteiger partial charge in [0.25, 0.3) is 5.91 Å². The van der Waals surface area contributed by atoms with Crippen molar-refractivity contribution in [1.82, 2.24) is 4.90 Å². The van der Waals surface area contributed by atoms with Gasteiger partial charge in [-0.15, -0.1) is 11.3 Å². The molecular formula is C18H17N3O3S. The average molecular weight is 355 g/mol. The van der Waals surface area contributed by atoms with Crippen LogP contribution in [0.1, 0.15) is 31.9 Å². The van der Waals surface area contributed by atoms with Crippen LogP contribution in [0, 0.1) is 18.3 Å². The predicted molar refractivity (Wildman–Crippen MR) is 94.7 cm³/mol. The van der Waals surface area contributed by atoms with Crippen LogP contribution in [0.25, 0.3) is 0 Å². The molecule has 1 N–H and O–H groups in total. The summed E-state index contributed by atoms with van der Waals surface area (Å²) in [5, 5.41) is 12.9. The number of ether oxygens (including phenoxy) is 1. The normalized spacial score (nSPS) is 12.9. The molecule has 0 aliphatic carbocycles. The molecule has 1 aromatic carbocycles. The van der Waals surface area contributed by atoms with E-state index in [0.717, 1.165) is 16.0 Å². The van der Waals surface area contributed by atoms with Crippen molar-refractivity contribution < 1.29 is 14.3 Å². The Morgan fingerprint density at radius 2 is 2.04 bits per heavy atom. The second-order valence-corrected chi connectivity index (χ2v) is 6.89. The van der Waals surface area contributed by atoms with Crippen LogP contribution in [-0.4, -0.2) is 30.6 Å². The van der Waals surface area contributed by atoms with Gasteiger partial charge in [0, 0.05) is 17.0 Å². The molecule has 0 saturated carbocycles. The minimum atomic E-state index is -0.386. The highest BCUT2D eigenvalue weighted by Gasteiger charge is 2.28. The van der Waals surface area contributed by atoms with E-state index >= 15 is 0 Å². The summed E-state index contributed by atoms with van der Waals surface area (Å²) in [6.07, 6.45) is 0.187. The fourth-order valence-corrected chi connectivity index (χ4v) is 3.98. The number of carbonyl (C=O) groups excluding carboxylic acids is 2. The maximum atomic E-state index is 12.4. The summed E-state index contributed by atoms with van der Waals surface area (Å²) < 4.78 is 4.76. The third-order valence-corrected chi connectivity index (χ3v) is 5.27. The Morgan fingerprint density at radius 3 is 2.68 bits per heavy atom. The second-order valence-electron chi connectivity index (χ2n) is 5.78. The Balaban J connectivity index is 1.85. The number of amides is 2. The number of anilines is 1. The van der Waals surface area contributed by atoms with Crippen molar-refractivity contribution in [3.8, 4) is 6.07 Å². The van der Waals surface area contributed by atoms with E-state index in [1.807, 2.05) is 19.1 Å². The van der Waals surface area contributed by atoms with Crippen molar-refractivity contribution in [3.63, 3.8) is 0 Å². The molecule has 0 atom stereocenters. The molecule has 0 unspecified atom stereocenters. The monoisotopic (exact) mass is 355 g/mol.